The summed E-state index contributed by atoms with van der Waals surface area (Å²) in [5.41, 5.74) is 3.49. The van der Waals surface area contributed by atoms with Gasteiger partial charge in [0, 0.05) is 37.4 Å². The number of carbonyl (C=O) groups is 1. The monoisotopic (exact) mass is 367 g/mol. The average molecular weight is 367 g/mol. The van der Waals surface area contributed by atoms with Gasteiger partial charge < -0.3 is 10.2 Å². The van der Waals surface area contributed by atoms with Crippen molar-refractivity contribution >= 4 is 16.1 Å². The molecule has 8 nitrogen and oxygen atoms in total. The number of hydrogen-bond donors (Lipinski definition) is 2. The first-order valence-corrected chi connectivity index (χ1v) is 10.4. The molecule has 1 aliphatic heterocycles. The predicted molar refractivity (Wildman–Crippen MR) is 93.6 cm³/mol. The highest BCUT2D eigenvalue weighted by atomic mass is 32.2. The summed E-state index contributed by atoms with van der Waals surface area (Å²) in [5.74, 6) is 0.620. The molecule has 1 saturated heterocycles. The lowest BCUT2D eigenvalue weighted by Gasteiger charge is -2.17. The van der Waals surface area contributed by atoms with Crippen molar-refractivity contribution in [2.45, 2.75) is 39.0 Å². The van der Waals surface area contributed by atoms with Crippen molar-refractivity contribution in [1.29, 1.82) is 0 Å². The van der Waals surface area contributed by atoms with Crippen LogP contribution in [0.15, 0.2) is 0 Å². The van der Waals surface area contributed by atoms with Crippen molar-refractivity contribution in [1.82, 2.24) is 20.2 Å². The first kappa shape index (κ1) is 18.1. The van der Waals surface area contributed by atoms with Crippen LogP contribution in [0.25, 0.3) is 0 Å². The molecule has 9 heteroatoms. The van der Waals surface area contributed by atoms with E-state index in [0.717, 1.165) is 36.5 Å². The third-order valence-electron chi connectivity index (χ3n) is 4.85. The minimum absolute atomic E-state index is 0.0704. The van der Waals surface area contributed by atoms with Gasteiger partial charge in [-0.15, -0.1) is 0 Å². The largest absolute Gasteiger partial charge is 0.338 e. The number of primary sulfonamides is 1. The van der Waals surface area contributed by atoms with Crippen LogP contribution >= 0.6 is 0 Å². The topological polar surface area (TPSA) is 118 Å². The molecule has 2 amide bonds. The van der Waals surface area contributed by atoms with E-state index < -0.39 is 10.0 Å². The molecular formula is C16H25N5O3S. The van der Waals surface area contributed by atoms with E-state index in [0.29, 0.717) is 32.5 Å². The quantitative estimate of drug-likeness (QED) is 0.767. The lowest BCUT2D eigenvalue weighted by Crippen LogP contribution is -2.40. The normalized spacial score (nSPS) is 19.9. The third kappa shape index (κ3) is 4.66. The summed E-state index contributed by atoms with van der Waals surface area (Å²) in [6, 6.07) is -0.171. The SMILES string of the molecule is Cc1nc(CCNC(=O)N2CCC(CS(N)(=O)=O)C2)nc2c1CCC2. The second-order valence-electron chi connectivity index (χ2n) is 6.92. The van der Waals surface area contributed by atoms with Gasteiger partial charge in [-0.05, 0) is 44.1 Å². The minimum atomic E-state index is -3.49. The number of urea groups is 1. The first-order valence-electron chi connectivity index (χ1n) is 8.70. The van der Waals surface area contributed by atoms with Crippen molar-refractivity contribution in [2.75, 3.05) is 25.4 Å². The Balaban J connectivity index is 1.47. The van der Waals surface area contributed by atoms with Crippen molar-refractivity contribution < 1.29 is 13.2 Å². The number of amides is 2. The number of aromatic nitrogens is 2. The summed E-state index contributed by atoms with van der Waals surface area (Å²) in [6.07, 6.45) is 4.47. The first-order chi connectivity index (χ1) is 11.8. The maximum absolute atomic E-state index is 12.2. The Hall–Kier alpha value is -1.74. The van der Waals surface area contributed by atoms with Gasteiger partial charge in [0.1, 0.15) is 5.82 Å². The Morgan fingerprint density at radius 1 is 1.36 bits per heavy atom. The van der Waals surface area contributed by atoms with Crippen LogP contribution in [0.3, 0.4) is 0 Å². The second-order valence-corrected chi connectivity index (χ2v) is 8.58. The van der Waals surface area contributed by atoms with Crippen molar-refractivity contribution in [3.8, 4) is 0 Å². The van der Waals surface area contributed by atoms with Gasteiger partial charge in [0.05, 0.1) is 5.75 Å². The number of rotatable bonds is 5. The van der Waals surface area contributed by atoms with E-state index in [9.17, 15) is 13.2 Å². The Morgan fingerprint density at radius 3 is 2.92 bits per heavy atom. The van der Waals surface area contributed by atoms with Gasteiger partial charge in [0.25, 0.3) is 0 Å². The van der Waals surface area contributed by atoms with Gasteiger partial charge in [0.15, 0.2) is 0 Å². The Labute approximate surface area is 148 Å². The number of nitrogens with zero attached hydrogens (tertiary/aromatic N) is 3. The van der Waals surface area contributed by atoms with E-state index in [1.54, 1.807) is 4.90 Å². The molecule has 0 radical (unpaired) electrons. The number of nitrogens with two attached hydrogens (primary N) is 1. The maximum atomic E-state index is 12.2. The van der Waals surface area contributed by atoms with Crippen molar-refractivity contribution in [3.63, 3.8) is 0 Å². The third-order valence-corrected chi connectivity index (χ3v) is 5.79. The van der Waals surface area contributed by atoms with Crippen LogP contribution in [-0.4, -0.2) is 54.7 Å². The molecule has 3 N–H and O–H groups in total. The molecule has 1 aliphatic carbocycles. The molecule has 1 atom stereocenters. The van der Waals surface area contributed by atoms with E-state index >= 15 is 0 Å². The highest BCUT2D eigenvalue weighted by Gasteiger charge is 2.28. The van der Waals surface area contributed by atoms with Crippen molar-refractivity contribution in [3.05, 3.63) is 22.8 Å². The number of likely N-dealkylation sites (tertiary alicyclic amines) is 1. The highest BCUT2D eigenvalue weighted by Crippen LogP contribution is 2.22. The fraction of sp³-hybridized carbons (Fsp3) is 0.688. The number of fused-ring (bicyclic) bond motifs is 1. The zero-order valence-electron chi connectivity index (χ0n) is 14.5. The zero-order valence-corrected chi connectivity index (χ0v) is 15.3. The molecule has 2 aliphatic rings. The molecule has 3 rings (SSSR count). The number of carbonyl (C=O) groups excluding carboxylic acids is 1. The van der Waals surface area contributed by atoms with Gasteiger partial charge >= 0.3 is 6.03 Å². The summed E-state index contributed by atoms with van der Waals surface area (Å²) in [7, 11) is -3.49. The van der Waals surface area contributed by atoms with Crippen LogP contribution in [0.2, 0.25) is 0 Å². The van der Waals surface area contributed by atoms with Gasteiger partial charge in [0.2, 0.25) is 10.0 Å². The van der Waals surface area contributed by atoms with Gasteiger partial charge in [-0.3, -0.25) is 0 Å². The molecule has 1 unspecified atom stereocenters. The second kappa shape index (κ2) is 7.25. The fourth-order valence-corrected chi connectivity index (χ4v) is 4.60. The molecule has 25 heavy (non-hydrogen) atoms. The van der Waals surface area contributed by atoms with E-state index in [4.69, 9.17) is 5.14 Å². The Bertz CT molecular complexity index is 765. The molecule has 2 heterocycles. The molecule has 1 aromatic heterocycles. The minimum Gasteiger partial charge on any atom is -0.338 e. The van der Waals surface area contributed by atoms with Crippen LogP contribution in [0.5, 0.6) is 0 Å². The Morgan fingerprint density at radius 2 is 2.16 bits per heavy atom. The standard InChI is InChI=1S/C16H25N5O3S/c1-11-13-3-2-4-14(13)20-15(19-11)5-7-18-16(22)21-8-6-12(9-21)10-25(17,23)24/h12H,2-10H2,1H3,(H,18,22)(H2,17,23,24). The number of aryl methyl sites for hydroxylation is 2. The number of hydrogen-bond acceptors (Lipinski definition) is 5. The summed E-state index contributed by atoms with van der Waals surface area (Å²) in [5, 5.41) is 7.94. The van der Waals surface area contributed by atoms with E-state index in [-0.39, 0.29) is 17.7 Å². The van der Waals surface area contributed by atoms with E-state index in [2.05, 4.69) is 15.3 Å². The summed E-state index contributed by atoms with van der Waals surface area (Å²) in [4.78, 5) is 23.0. The summed E-state index contributed by atoms with van der Waals surface area (Å²) < 4.78 is 22.3. The van der Waals surface area contributed by atoms with Crippen LogP contribution in [0.1, 0.15) is 35.6 Å². The molecule has 0 saturated carbocycles. The van der Waals surface area contributed by atoms with Crippen LogP contribution in [0.4, 0.5) is 4.79 Å². The number of sulfonamides is 1. The lowest BCUT2D eigenvalue weighted by molar-refractivity contribution is 0.207. The molecule has 0 bridgehead atoms. The lowest BCUT2D eigenvalue weighted by atomic mass is 10.2. The van der Waals surface area contributed by atoms with Gasteiger partial charge in [-0.2, -0.15) is 0 Å². The highest BCUT2D eigenvalue weighted by molar-refractivity contribution is 7.89. The molecule has 1 aromatic rings. The summed E-state index contributed by atoms with van der Waals surface area (Å²) in [6.45, 7) is 3.47. The molecule has 1 fully saturated rings. The average Bonchev–Trinajstić information content (AvgIpc) is 3.14. The molecule has 0 aromatic carbocycles. The molecule has 138 valence electrons. The predicted octanol–water partition coefficient (Wildman–Crippen LogP) is 0.136. The molecule has 0 spiro atoms. The fourth-order valence-electron chi connectivity index (χ4n) is 3.67. The van der Waals surface area contributed by atoms with Gasteiger partial charge in [-0.25, -0.2) is 28.3 Å². The van der Waals surface area contributed by atoms with Crippen LogP contribution < -0.4 is 10.5 Å². The van der Waals surface area contributed by atoms with Crippen LogP contribution in [-0.2, 0) is 29.3 Å². The summed E-state index contributed by atoms with van der Waals surface area (Å²) >= 11 is 0. The number of nitrogens with one attached hydrogen (secondary N) is 1. The smallest absolute Gasteiger partial charge is 0.317 e. The van der Waals surface area contributed by atoms with Crippen molar-refractivity contribution in [2.24, 2.45) is 11.1 Å². The maximum Gasteiger partial charge on any atom is 0.317 e. The van der Waals surface area contributed by atoms with Gasteiger partial charge in [-0.1, -0.05) is 0 Å². The van der Waals surface area contributed by atoms with E-state index in [1.807, 2.05) is 6.92 Å². The van der Waals surface area contributed by atoms with Crippen LogP contribution in [0, 0.1) is 12.8 Å². The molecular weight excluding hydrogens is 342 g/mol. The van der Waals surface area contributed by atoms with E-state index in [1.165, 1.54) is 5.56 Å². The Kier molecular flexibility index (Phi) is 5.24. The zero-order chi connectivity index (χ0) is 18.0.